The first-order chi connectivity index (χ1) is 6.13. The number of halogens is 1. The molecule has 0 bridgehead atoms. The van der Waals surface area contributed by atoms with Crippen molar-refractivity contribution in [3.63, 3.8) is 0 Å². The topological polar surface area (TPSA) is 56.3 Å². The van der Waals surface area contributed by atoms with Crippen molar-refractivity contribution < 1.29 is 14.3 Å². The second kappa shape index (κ2) is 4.34. The second-order valence-corrected chi connectivity index (χ2v) is 3.55. The third-order valence-electron chi connectivity index (χ3n) is 1.20. The molecule has 0 unspecified atom stereocenters. The molecule has 0 saturated heterocycles. The molecule has 13 heavy (non-hydrogen) atoms. The molecular weight excluding hydrogens is 214 g/mol. The van der Waals surface area contributed by atoms with Gasteiger partial charge in [-0.2, -0.15) is 4.98 Å². The maximum Gasteiger partial charge on any atom is 0.381 e. The van der Waals surface area contributed by atoms with Crippen LogP contribution in [0.2, 0.25) is 4.47 Å². The lowest BCUT2D eigenvalue weighted by molar-refractivity contribution is -0.147. The Labute approximate surface area is 83.5 Å². The summed E-state index contributed by atoms with van der Waals surface area (Å²) < 4.78 is 4.88. The number of Topliss-reactive ketones (excluding diaryl/α,β-unsaturated/α-hetero) is 1. The number of esters is 1. The van der Waals surface area contributed by atoms with Gasteiger partial charge < -0.3 is 4.74 Å². The maximum absolute atomic E-state index is 10.9. The van der Waals surface area contributed by atoms with Gasteiger partial charge in [-0.15, -0.1) is 11.3 Å². The highest BCUT2D eigenvalue weighted by atomic mass is 35.5. The van der Waals surface area contributed by atoms with E-state index >= 15 is 0 Å². The largest absolute Gasteiger partial charge is 0.401 e. The van der Waals surface area contributed by atoms with Crippen LogP contribution in [0.4, 0.5) is 0 Å². The van der Waals surface area contributed by atoms with Gasteiger partial charge in [-0.05, 0) is 0 Å². The van der Waals surface area contributed by atoms with Crippen LogP contribution >= 0.6 is 22.9 Å². The van der Waals surface area contributed by atoms with E-state index in [4.69, 9.17) is 11.6 Å². The number of hydrogen-bond acceptors (Lipinski definition) is 5. The molecule has 0 aliphatic heterocycles. The van der Waals surface area contributed by atoms with Crippen LogP contribution in [0.15, 0.2) is 5.38 Å². The molecule has 0 atom stereocenters. The Balaban J connectivity index is 2.60. The predicted octanol–water partition coefficient (Wildman–Crippen LogP) is 1.68. The Morgan fingerprint density at radius 1 is 1.69 bits per heavy atom. The first-order valence-corrected chi connectivity index (χ1v) is 4.75. The average Bonchev–Trinajstić information content (AvgIpc) is 2.49. The van der Waals surface area contributed by atoms with Gasteiger partial charge in [0.15, 0.2) is 4.47 Å². The summed E-state index contributed by atoms with van der Waals surface area (Å²) in [6, 6.07) is 0. The monoisotopic (exact) mass is 219 g/mol. The molecule has 1 aromatic heterocycles. The summed E-state index contributed by atoms with van der Waals surface area (Å²) in [4.78, 5) is 25.3. The van der Waals surface area contributed by atoms with E-state index in [0.717, 1.165) is 11.3 Å². The third kappa shape index (κ3) is 2.78. The Morgan fingerprint density at radius 3 is 2.85 bits per heavy atom. The summed E-state index contributed by atoms with van der Waals surface area (Å²) in [6.07, 6.45) is 0.122. The van der Waals surface area contributed by atoms with E-state index in [2.05, 4.69) is 9.72 Å². The van der Waals surface area contributed by atoms with E-state index < -0.39 is 11.8 Å². The minimum Gasteiger partial charge on any atom is -0.401 e. The lowest BCUT2D eigenvalue weighted by atomic mass is 10.3. The summed E-state index contributed by atoms with van der Waals surface area (Å²) in [5.74, 6) is -1.41. The number of hydrogen-bond donors (Lipinski definition) is 0. The lowest BCUT2D eigenvalue weighted by Gasteiger charge is -1.96. The van der Waals surface area contributed by atoms with E-state index in [1.807, 2.05) is 0 Å². The standard InChI is InChI=1S/C7H6ClNO3S/c1-2-4(10)6(11)12-5-3-13-7(8)9-5/h3H,2H2,1H3. The summed E-state index contributed by atoms with van der Waals surface area (Å²) >= 11 is 6.62. The number of aromatic nitrogens is 1. The number of nitrogens with zero attached hydrogens (tertiary/aromatic N) is 1. The van der Waals surface area contributed by atoms with Crippen molar-refractivity contribution in [1.29, 1.82) is 0 Å². The summed E-state index contributed by atoms with van der Waals surface area (Å²) in [6.45, 7) is 1.58. The second-order valence-electron chi connectivity index (χ2n) is 2.10. The number of thiazole rings is 1. The molecule has 4 nitrogen and oxygen atoms in total. The Bertz CT molecular complexity index is 336. The van der Waals surface area contributed by atoms with Gasteiger partial charge in [0, 0.05) is 6.42 Å². The quantitative estimate of drug-likeness (QED) is 0.573. The van der Waals surface area contributed by atoms with E-state index in [0.29, 0.717) is 0 Å². The zero-order valence-electron chi connectivity index (χ0n) is 6.74. The molecule has 70 valence electrons. The molecule has 1 aromatic rings. The van der Waals surface area contributed by atoms with Crippen LogP contribution in [0.1, 0.15) is 13.3 Å². The van der Waals surface area contributed by atoms with Gasteiger partial charge in [-0.1, -0.05) is 18.5 Å². The Morgan fingerprint density at radius 2 is 2.38 bits per heavy atom. The molecule has 0 amide bonds. The van der Waals surface area contributed by atoms with E-state index in [1.165, 1.54) is 5.38 Å². The van der Waals surface area contributed by atoms with Crippen molar-refractivity contribution in [2.24, 2.45) is 0 Å². The van der Waals surface area contributed by atoms with Crippen LogP contribution in [0.25, 0.3) is 0 Å². The fraction of sp³-hybridized carbons (Fsp3) is 0.286. The maximum atomic E-state index is 10.9. The molecule has 0 spiro atoms. The molecule has 0 aromatic carbocycles. The fourth-order valence-electron chi connectivity index (χ4n) is 0.581. The number of carbonyl (C=O) groups excluding carboxylic acids is 2. The smallest absolute Gasteiger partial charge is 0.381 e. The highest BCUT2D eigenvalue weighted by Gasteiger charge is 2.15. The summed E-state index contributed by atoms with van der Waals surface area (Å²) in [7, 11) is 0. The molecule has 0 N–H and O–H groups in total. The number of ketones is 1. The van der Waals surface area contributed by atoms with Gasteiger partial charge in [0.1, 0.15) is 0 Å². The summed E-state index contributed by atoms with van der Waals surface area (Å²) in [5, 5.41) is 1.46. The lowest BCUT2D eigenvalue weighted by Crippen LogP contribution is -2.19. The minimum absolute atomic E-state index is 0.0711. The first kappa shape index (κ1) is 10.1. The van der Waals surface area contributed by atoms with Crippen LogP contribution in [0, 0.1) is 0 Å². The van der Waals surface area contributed by atoms with Crippen LogP contribution in [-0.2, 0) is 9.59 Å². The van der Waals surface area contributed by atoms with Crippen LogP contribution in [0.3, 0.4) is 0 Å². The highest BCUT2D eigenvalue weighted by Crippen LogP contribution is 2.20. The van der Waals surface area contributed by atoms with E-state index in [-0.39, 0.29) is 16.8 Å². The van der Waals surface area contributed by atoms with Gasteiger partial charge >= 0.3 is 5.97 Å². The first-order valence-electron chi connectivity index (χ1n) is 3.49. The van der Waals surface area contributed by atoms with Crippen molar-refractivity contribution in [3.05, 3.63) is 9.85 Å². The molecule has 0 aliphatic carbocycles. The molecule has 0 saturated carbocycles. The summed E-state index contributed by atoms with van der Waals surface area (Å²) in [5.41, 5.74) is 0. The van der Waals surface area contributed by atoms with Gasteiger partial charge in [0.2, 0.25) is 11.7 Å². The van der Waals surface area contributed by atoms with Crippen molar-refractivity contribution >= 4 is 34.7 Å². The molecule has 0 fully saturated rings. The van der Waals surface area contributed by atoms with Crippen molar-refractivity contribution in [1.82, 2.24) is 4.98 Å². The zero-order chi connectivity index (χ0) is 9.84. The van der Waals surface area contributed by atoms with Crippen molar-refractivity contribution in [3.8, 4) is 5.88 Å². The third-order valence-corrected chi connectivity index (χ3v) is 2.16. The van der Waals surface area contributed by atoms with E-state index in [9.17, 15) is 9.59 Å². The number of rotatable bonds is 3. The predicted molar refractivity (Wildman–Crippen MR) is 48.1 cm³/mol. The molecule has 1 heterocycles. The van der Waals surface area contributed by atoms with Crippen LogP contribution in [0.5, 0.6) is 5.88 Å². The average molecular weight is 220 g/mol. The minimum atomic E-state index is -0.899. The molecule has 1 rings (SSSR count). The Kier molecular flexibility index (Phi) is 3.39. The van der Waals surface area contributed by atoms with E-state index in [1.54, 1.807) is 6.92 Å². The molecular formula is C7H6ClNO3S. The van der Waals surface area contributed by atoms with Gasteiger partial charge in [0.25, 0.3) is 0 Å². The fourth-order valence-corrected chi connectivity index (χ4v) is 1.24. The van der Waals surface area contributed by atoms with Gasteiger partial charge in [0.05, 0.1) is 5.38 Å². The molecule has 6 heteroatoms. The molecule has 0 aliphatic rings. The molecule has 0 radical (unpaired) electrons. The SMILES string of the molecule is CCC(=O)C(=O)Oc1csc(Cl)n1. The number of ether oxygens (including phenoxy) is 1. The van der Waals surface area contributed by atoms with Crippen LogP contribution in [-0.4, -0.2) is 16.7 Å². The zero-order valence-corrected chi connectivity index (χ0v) is 8.32. The Hall–Kier alpha value is -0.940. The van der Waals surface area contributed by atoms with Gasteiger partial charge in [-0.25, -0.2) is 4.79 Å². The van der Waals surface area contributed by atoms with Crippen molar-refractivity contribution in [2.45, 2.75) is 13.3 Å². The van der Waals surface area contributed by atoms with Crippen LogP contribution < -0.4 is 4.74 Å². The number of carbonyl (C=O) groups is 2. The highest BCUT2D eigenvalue weighted by molar-refractivity contribution is 7.14. The van der Waals surface area contributed by atoms with Gasteiger partial charge in [-0.3, -0.25) is 4.79 Å². The normalized spacial score (nSPS) is 9.69. The van der Waals surface area contributed by atoms with Crippen molar-refractivity contribution in [2.75, 3.05) is 0 Å².